The number of carbonyl (C=O) groups is 2. The van der Waals surface area contributed by atoms with Gasteiger partial charge in [-0.1, -0.05) is 50.6 Å². The minimum atomic E-state index is -0.563. The summed E-state index contributed by atoms with van der Waals surface area (Å²) in [5.41, 5.74) is 1.79. The van der Waals surface area contributed by atoms with Crippen molar-refractivity contribution in [3.63, 3.8) is 0 Å². The van der Waals surface area contributed by atoms with Gasteiger partial charge in [0, 0.05) is 24.7 Å². The van der Waals surface area contributed by atoms with E-state index in [0.717, 1.165) is 22.2 Å². The van der Waals surface area contributed by atoms with Crippen molar-refractivity contribution in [1.82, 2.24) is 29.4 Å². The van der Waals surface area contributed by atoms with Gasteiger partial charge in [0.15, 0.2) is 0 Å². The summed E-state index contributed by atoms with van der Waals surface area (Å²) in [5.74, 6) is -0.442. The second kappa shape index (κ2) is 11.0. The Hall–Kier alpha value is -4.21. The van der Waals surface area contributed by atoms with Gasteiger partial charge in [0.05, 0.1) is 10.9 Å². The maximum Gasteiger partial charge on any atom is 0.352 e. The van der Waals surface area contributed by atoms with E-state index in [1.165, 1.54) is 15.0 Å². The average molecular weight is 519 g/mol. The lowest BCUT2D eigenvalue weighted by molar-refractivity contribution is -0.122. The monoisotopic (exact) mass is 518 g/mol. The largest absolute Gasteiger partial charge is 0.352 e. The molecule has 200 valence electrons. The molecule has 2 aromatic carbocycles. The molecule has 1 atom stereocenters. The standard InChI is InChI=1S/C28H34N6O4/c1-6-19(5)30-25(36)21-11-12-22-23(13-21)34-27(32(26(22)37)15-17(2)3)31-33(28(34)38)16-24(35)29-14-20-9-7-18(4)8-10-20/h7-13,17,19H,6,14-16H2,1-5H3,(H,29,35)(H,30,36). The molecule has 0 bridgehead atoms. The van der Waals surface area contributed by atoms with E-state index in [0.29, 0.717) is 24.0 Å². The molecular weight excluding hydrogens is 484 g/mol. The van der Waals surface area contributed by atoms with Crippen molar-refractivity contribution in [1.29, 1.82) is 0 Å². The highest BCUT2D eigenvalue weighted by Gasteiger charge is 2.21. The van der Waals surface area contributed by atoms with Gasteiger partial charge in [0.1, 0.15) is 6.54 Å². The van der Waals surface area contributed by atoms with Crippen LogP contribution in [0.5, 0.6) is 0 Å². The number of rotatable bonds is 9. The average Bonchev–Trinajstić information content (AvgIpc) is 3.21. The zero-order valence-corrected chi connectivity index (χ0v) is 22.4. The third kappa shape index (κ3) is 5.53. The maximum absolute atomic E-state index is 13.5. The van der Waals surface area contributed by atoms with Crippen LogP contribution in [-0.2, 0) is 24.4 Å². The number of hydrogen-bond acceptors (Lipinski definition) is 5. The molecule has 0 aliphatic heterocycles. The zero-order valence-electron chi connectivity index (χ0n) is 22.4. The van der Waals surface area contributed by atoms with Gasteiger partial charge in [-0.25, -0.2) is 13.9 Å². The highest BCUT2D eigenvalue weighted by molar-refractivity contribution is 5.98. The number of aryl methyl sites for hydroxylation is 1. The van der Waals surface area contributed by atoms with E-state index in [1.807, 2.05) is 58.9 Å². The summed E-state index contributed by atoms with van der Waals surface area (Å²) in [5, 5.41) is 10.4. The number of nitrogens with one attached hydrogen (secondary N) is 2. The van der Waals surface area contributed by atoms with E-state index in [1.54, 1.807) is 12.1 Å². The fourth-order valence-corrected chi connectivity index (χ4v) is 4.20. The van der Waals surface area contributed by atoms with Crippen LogP contribution in [0.2, 0.25) is 0 Å². The van der Waals surface area contributed by atoms with E-state index in [-0.39, 0.29) is 47.2 Å². The van der Waals surface area contributed by atoms with Gasteiger partial charge in [-0.15, -0.1) is 5.10 Å². The Bertz CT molecular complexity index is 1610. The molecule has 2 aromatic heterocycles. The van der Waals surface area contributed by atoms with Crippen LogP contribution in [0.25, 0.3) is 16.7 Å². The molecular formula is C28H34N6O4. The molecule has 2 N–H and O–H groups in total. The molecule has 38 heavy (non-hydrogen) atoms. The van der Waals surface area contributed by atoms with E-state index < -0.39 is 5.69 Å². The van der Waals surface area contributed by atoms with Gasteiger partial charge >= 0.3 is 5.69 Å². The molecule has 4 aromatic rings. The molecule has 2 heterocycles. The number of benzene rings is 2. The Morgan fingerprint density at radius 1 is 1.03 bits per heavy atom. The van der Waals surface area contributed by atoms with Crippen LogP contribution in [0.4, 0.5) is 0 Å². The predicted octanol–water partition coefficient (Wildman–Crippen LogP) is 2.62. The van der Waals surface area contributed by atoms with Gasteiger partial charge < -0.3 is 10.6 Å². The summed E-state index contributed by atoms with van der Waals surface area (Å²) in [7, 11) is 0. The Morgan fingerprint density at radius 2 is 1.74 bits per heavy atom. The summed E-state index contributed by atoms with van der Waals surface area (Å²) in [4.78, 5) is 52.4. The lowest BCUT2D eigenvalue weighted by atomic mass is 10.1. The molecule has 10 heteroatoms. The molecule has 2 amide bonds. The predicted molar refractivity (Wildman–Crippen MR) is 146 cm³/mol. The van der Waals surface area contributed by atoms with Gasteiger partial charge in [-0.05, 0) is 49.9 Å². The van der Waals surface area contributed by atoms with E-state index >= 15 is 0 Å². The Labute approximate surface area is 220 Å². The molecule has 0 saturated heterocycles. The second-order valence-corrected chi connectivity index (χ2v) is 10.2. The summed E-state index contributed by atoms with van der Waals surface area (Å²) < 4.78 is 3.82. The molecule has 0 aliphatic carbocycles. The van der Waals surface area contributed by atoms with Gasteiger partial charge in [0.25, 0.3) is 11.5 Å². The van der Waals surface area contributed by atoms with Crippen molar-refractivity contribution in [3.8, 4) is 0 Å². The number of aromatic nitrogens is 4. The number of fused-ring (bicyclic) bond motifs is 3. The number of amides is 2. The molecule has 4 rings (SSSR count). The minimum absolute atomic E-state index is 0.0267. The van der Waals surface area contributed by atoms with Crippen LogP contribution in [0.15, 0.2) is 52.1 Å². The van der Waals surface area contributed by atoms with Crippen LogP contribution < -0.4 is 21.9 Å². The lowest BCUT2D eigenvalue weighted by Gasteiger charge is -2.14. The van der Waals surface area contributed by atoms with Crippen LogP contribution in [-0.4, -0.2) is 36.6 Å². The van der Waals surface area contributed by atoms with Crippen molar-refractivity contribution in [2.75, 3.05) is 0 Å². The molecule has 0 fully saturated rings. The molecule has 0 spiro atoms. The van der Waals surface area contributed by atoms with E-state index in [2.05, 4.69) is 15.7 Å². The number of carbonyl (C=O) groups excluding carboxylic acids is 2. The second-order valence-electron chi connectivity index (χ2n) is 10.2. The number of hydrogen-bond donors (Lipinski definition) is 2. The first-order chi connectivity index (χ1) is 18.1. The molecule has 0 radical (unpaired) electrons. The quantitative estimate of drug-likeness (QED) is 0.353. The van der Waals surface area contributed by atoms with Crippen LogP contribution in [0, 0.1) is 12.8 Å². The van der Waals surface area contributed by atoms with Crippen LogP contribution in [0.1, 0.15) is 55.6 Å². The molecule has 10 nitrogen and oxygen atoms in total. The first-order valence-corrected chi connectivity index (χ1v) is 12.9. The van der Waals surface area contributed by atoms with Crippen LogP contribution in [0.3, 0.4) is 0 Å². The van der Waals surface area contributed by atoms with Gasteiger partial charge in [0.2, 0.25) is 11.7 Å². The third-order valence-corrected chi connectivity index (χ3v) is 6.48. The smallest absolute Gasteiger partial charge is 0.350 e. The van der Waals surface area contributed by atoms with Crippen molar-refractivity contribution in [3.05, 3.63) is 80.0 Å². The van der Waals surface area contributed by atoms with Gasteiger partial charge in [-0.3, -0.25) is 19.0 Å². The summed E-state index contributed by atoms with van der Waals surface area (Å²) in [6.07, 6.45) is 0.766. The zero-order chi connectivity index (χ0) is 27.6. The lowest BCUT2D eigenvalue weighted by Crippen LogP contribution is -2.33. The topological polar surface area (TPSA) is 120 Å². The van der Waals surface area contributed by atoms with Crippen molar-refractivity contribution < 1.29 is 9.59 Å². The Morgan fingerprint density at radius 3 is 2.39 bits per heavy atom. The Balaban J connectivity index is 1.76. The summed E-state index contributed by atoms with van der Waals surface area (Å²) >= 11 is 0. The van der Waals surface area contributed by atoms with Crippen LogP contribution >= 0.6 is 0 Å². The summed E-state index contributed by atoms with van der Waals surface area (Å²) in [6.45, 7) is 10.1. The maximum atomic E-state index is 13.5. The van der Waals surface area contributed by atoms with E-state index in [9.17, 15) is 19.2 Å². The first-order valence-electron chi connectivity index (χ1n) is 12.9. The molecule has 0 saturated carbocycles. The third-order valence-electron chi connectivity index (χ3n) is 6.48. The van der Waals surface area contributed by atoms with Crippen molar-refractivity contribution >= 4 is 28.5 Å². The highest BCUT2D eigenvalue weighted by atomic mass is 16.2. The Kier molecular flexibility index (Phi) is 7.80. The minimum Gasteiger partial charge on any atom is -0.350 e. The van der Waals surface area contributed by atoms with Crippen molar-refractivity contribution in [2.24, 2.45) is 5.92 Å². The van der Waals surface area contributed by atoms with E-state index in [4.69, 9.17) is 0 Å². The normalized spacial score (nSPS) is 12.3. The molecule has 1 unspecified atom stereocenters. The fourth-order valence-electron chi connectivity index (χ4n) is 4.20. The highest BCUT2D eigenvalue weighted by Crippen LogP contribution is 2.15. The number of nitrogens with zero attached hydrogens (tertiary/aromatic N) is 4. The first kappa shape index (κ1) is 26.8. The van der Waals surface area contributed by atoms with Gasteiger partial charge in [-0.2, -0.15) is 0 Å². The SMILES string of the molecule is CCC(C)NC(=O)c1ccc2c(=O)n(CC(C)C)c3nn(CC(=O)NCc4ccc(C)cc4)c(=O)n3c2c1. The van der Waals surface area contributed by atoms with Crippen molar-refractivity contribution in [2.45, 2.75) is 66.7 Å². The molecule has 0 aliphatic rings. The fraction of sp³-hybridized carbons (Fsp3) is 0.393. The summed E-state index contributed by atoms with van der Waals surface area (Å²) in [6, 6.07) is 12.4.